The van der Waals surface area contributed by atoms with Crippen LogP contribution in [0, 0.1) is 6.92 Å². The van der Waals surface area contributed by atoms with Crippen LogP contribution in [0.15, 0.2) is 18.2 Å². The molecule has 1 N–H and O–H groups in total. The van der Waals surface area contributed by atoms with Gasteiger partial charge in [-0.1, -0.05) is 17.7 Å². The highest BCUT2D eigenvalue weighted by atomic mass is 16.5. The fourth-order valence-electron chi connectivity index (χ4n) is 2.58. The predicted octanol–water partition coefficient (Wildman–Crippen LogP) is 2.33. The molecule has 1 aromatic carbocycles. The molecule has 0 radical (unpaired) electrons. The van der Waals surface area contributed by atoms with E-state index in [4.69, 9.17) is 4.74 Å². The summed E-state index contributed by atoms with van der Waals surface area (Å²) >= 11 is 0. The van der Waals surface area contributed by atoms with Crippen molar-refractivity contribution in [2.24, 2.45) is 0 Å². The molecule has 0 unspecified atom stereocenters. The standard InChI is InChI=1S/C15H24N2O/c1-12-5-6-14(13(9-12)10-16-4)17-7-8-18-15(2,3)11-17/h5-6,9,16H,7-8,10-11H2,1-4H3. The molecule has 1 aliphatic heterocycles. The summed E-state index contributed by atoms with van der Waals surface area (Å²) in [6.07, 6.45) is 0. The van der Waals surface area contributed by atoms with Crippen molar-refractivity contribution in [3.05, 3.63) is 29.3 Å². The van der Waals surface area contributed by atoms with E-state index in [9.17, 15) is 0 Å². The summed E-state index contributed by atoms with van der Waals surface area (Å²) in [7, 11) is 2.00. The third-order valence-corrected chi connectivity index (χ3v) is 3.37. The van der Waals surface area contributed by atoms with E-state index in [-0.39, 0.29) is 5.60 Å². The van der Waals surface area contributed by atoms with Crippen molar-refractivity contribution in [2.45, 2.75) is 32.9 Å². The van der Waals surface area contributed by atoms with E-state index in [1.165, 1.54) is 16.8 Å². The van der Waals surface area contributed by atoms with Gasteiger partial charge in [0.05, 0.1) is 12.2 Å². The van der Waals surface area contributed by atoms with E-state index in [1.807, 2.05) is 7.05 Å². The quantitative estimate of drug-likeness (QED) is 0.888. The largest absolute Gasteiger partial charge is 0.372 e. The van der Waals surface area contributed by atoms with Crippen LogP contribution in [0.25, 0.3) is 0 Å². The van der Waals surface area contributed by atoms with Gasteiger partial charge in [-0.2, -0.15) is 0 Å². The topological polar surface area (TPSA) is 24.5 Å². The second-order valence-electron chi connectivity index (χ2n) is 5.69. The lowest BCUT2D eigenvalue weighted by atomic mass is 10.0. The number of rotatable bonds is 3. The molecule has 100 valence electrons. The lowest BCUT2D eigenvalue weighted by Crippen LogP contribution is -2.48. The van der Waals surface area contributed by atoms with Gasteiger partial charge in [-0.15, -0.1) is 0 Å². The molecule has 2 rings (SSSR count). The van der Waals surface area contributed by atoms with Gasteiger partial charge < -0.3 is 15.0 Å². The van der Waals surface area contributed by atoms with Gasteiger partial charge in [0, 0.05) is 25.3 Å². The Labute approximate surface area is 110 Å². The lowest BCUT2D eigenvalue weighted by molar-refractivity contribution is -0.0277. The van der Waals surface area contributed by atoms with E-state index in [2.05, 4.69) is 49.2 Å². The first-order chi connectivity index (χ1) is 8.52. The van der Waals surface area contributed by atoms with Crippen LogP contribution in [0.1, 0.15) is 25.0 Å². The molecule has 0 aromatic heterocycles. The van der Waals surface area contributed by atoms with Crippen molar-refractivity contribution in [1.82, 2.24) is 5.32 Å². The van der Waals surface area contributed by atoms with E-state index < -0.39 is 0 Å². The third-order valence-electron chi connectivity index (χ3n) is 3.37. The molecule has 1 fully saturated rings. The molecule has 1 heterocycles. The summed E-state index contributed by atoms with van der Waals surface area (Å²) in [4.78, 5) is 2.44. The summed E-state index contributed by atoms with van der Waals surface area (Å²) in [5.41, 5.74) is 3.97. The van der Waals surface area contributed by atoms with Crippen LogP contribution in [0.2, 0.25) is 0 Å². The molecule has 0 saturated carbocycles. The predicted molar refractivity (Wildman–Crippen MR) is 76.2 cm³/mol. The molecule has 18 heavy (non-hydrogen) atoms. The molecule has 0 aliphatic carbocycles. The lowest BCUT2D eigenvalue weighted by Gasteiger charge is -2.40. The monoisotopic (exact) mass is 248 g/mol. The molecule has 0 amide bonds. The zero-order valence-electron chi connectivity index (χ0n) is 11.9. The number of benzene rings is 1. The smallest absolute Gasteiger partial charge is 0.0801 e. The Kier molecular flexibility index (Phi) is 3.93. The normalized spacial score (nSPS) is 19.0. The fraction of sp³-hybridized carbons (Fsp3) is 0.600. The van der Waals surface area contributed by atoms with Crippen LogP contribution in [0.4, 0.5) is 5.69 Å². The van der Waals surface area contributed by atoms with Gasteiger partial charge in [0.15, 0.2) is 0 Å². The highest BCUT2D eigenvalue weighted by Gasteiger charge is 2.28. The van der Waals surface area contributed by atoms with Crippen molar-refractivity contribution < 1.29 is 4.74 Å². The van der Waals surface area contributed by atoms with E-state index in [1.54, 1.807) is 0 Å². The van der Waals surface area contributed by atoms with Crippen molar-refractivity contribution in [1.29, 1.82) is 0 Å². The molecule has 0 atom stereocenters. The number of nitrogens with one attached hydrogen (secondary N) is 1. The van der Waals surface area contributed by atoms with Crippen molar-refractivity contribution >= 4 is 5.69 Å². The highest BCUT2D eigenvalue weighted by Crippen LogP contribution is 2.27. The molecular formula is C15H24N2O. The molecule has 3 heteroatoms. The van der Waals surface area contributed by atoms with Crippen molar-refractivity contribution in [3.63, 3.8) is 0 Å². The van der Waals surface area contributed by atoms with Crippen LogP contribution in [-0.2, 0) is 11.3 Å². The highest BCUT2D eigenvalue weighted by molar-refractivity contribution is 5.55. The van der Waals surface area contributed by atoms with Gasteiger partial charge in [-0.3, -0.25) is 0 Å². The number of nitrogens with zero attached hydrogens (tertiary/aromatic N) is 1. The molecule has 0 bridgehead atoms. The number of hydrogen-bond donors (Lipinski definition) is 1. The molecular weight excluding hydrogens is 224 g/mol. The number of ether oxygens (including phenoxy) is 1. The first-order valence-corrected chi connectivity index (χ1v) is 6.65. The average Bonchev–Trinajstić information content (AvgIpc) is 2.28. The fourth-order valence-corrected chi connectivity index (χ4v) is 2.58. The zero-order valence-corrected chi connectivity index (χ0v) is 11.9. The summed E-state index contributed by atoms with van der Waals surface area (Å²) in [5.74, 6) is 0. The van der Waals surface area contributed by atoms with Gasteiger partial charge in [0.1, 0.15) is 0 Å². The summed E-state index contributed by atoms with van der Waals surface area (Å²) in [6, 6.07) is 6.70. The SMILES string of the molecule is CNCc1cc(C)ccc1N1CCOC(C)(C)C1. The minimum Gasteiger partial charge on any atom is -0.372 e. The van der Waals surface area contributed by atoms with E-state index >= 15 is 0 Å². The molecule has 0 spiro atoms. The number of hydrogen-bond acceptors (Lipinski definition) is 3. The number of aryl methyl sites for hydroxylation is 1. The van der Waals surface area contributed by atoms with Crippen LogP contribution >= 0.6 is 0 Å². The molecule has 1 aromatic rings. The van der Waals surface area contributed by atoms with Crippen LogP contribution in [-0.4, -0.2) is 32.3 Å². The minimum atomic E-state index is -0.0555. The van der Waals surface area contributed by atoms with Crippen LogP contribution in [0.5, 0.6) is 0 Å². The molecule has 1 saturated heterocycles. The first-order valence-electron chi connectivity index (χ1n) is 6.65. The molecule has 3 nitrogen and oxygen atoms in total. The zero-order chi connectivity index (χ0) is 13.2. The van der Waals surface area contributed by atoms with Gasteiger partial charge in [0.2, 0.25) is 0 Å². The second-order valence-corrected chi connectivity index (χ2v) is 5.69. The maximum Gasteiger partial charge on any atom is 0.0801 e. The van der Waals surface area contributed by atoms with Crippen LogP contribution in [0.3, 0.4) is 0 Å². The van der Waals surface area contributed by atoms with Crippen molar-refractivity contribution in [2.75, 3.05) is 31.6 Å². The Morgan fingerprint density at radius 1 is 1.39 bits per heavy atom. The molecule has 1 aliphatic rings. The minimum absolute atomic E-state index is 0.0555. The van der Waals surface area contributed by atoms with Gasteiger partial charge in [0.25, 0.3) is 0 Å². The van der Waals surface area contributed by atoms with Crippen molar-refractivity contribution in [3.8, 4) is 0 Å². The number of morpholine rings is 1. The summed E-state index contributed by atoms with van der Waals surface area (Å²) < 4.78 is 5.78. The second kappa shape index (κ2) is 5.29. The summed E-state index contributed by atoms with van der Waals surface area (Å²) in [6.45, 7) is 10.1. The van der Waals surface area contributed by atoms with E-state index in [0.717, 1.165) is 26.2 Å². The Morgan fingerprint density at radius 3 is 2.83 bits per heavy atom. The van der Waals surface area contributed by atoms with E-state index in [0.29, 0.717) is 0 Å². The third kappa shape index (κ3) is 3.03. The maximum absolute atomic E-state index is 5.78. The Hall–Kier alpha value is -1.06. The van der Waals surface area contributed by atoms with Gasteiger partial charge >= 0.3 is 0 Å². The van der Waals surface area contributed by atoms with Gasteiger partial charge in [-0.05, 0) is 39.4 Å². The average molecular weight is 248 g/mol. The maximum atomic E-state index is 5.78. The number of anilines is 1. The Balaban J connectivity index is 2.26. The Bertz CT molecular complexity index is 415. The van der Waals surface area contributed by atoms with Crippen LogP contribution < -0.4 is 10.2 Å². The first kappa shape index (κ1) is 13.4. The summed E-state index contributed by atoms with van der Waals surface area (Å²) in [5, 5.41) is 3.25. The Morgan fingerprint density at radius 2 is 2.17 bits per heavy atom. The van der Waals surface area contributed by atoms with Gasteiger partial charge in [-0.25, -0.2) is 0 Å².